The van der Waals surface area contributed by atoms with E-state index < -0.39 is 17.2 Å². The summed E-state index contributed by atoms with van der Waals surface area (Å²) in [6.45, 7) is 8.11. The van der Waals surface area contributed by atoms with Gasteiger partial charge in [0.25, 0.3) is 5.56 Å². The number of aromatic amines is 1. The Bertz CT molecular complexity index is 1180. The van der Waals surface area contributed by atoms with E-state index in [0.29, 0.717) is 35.8 Å². The van der Waals surface area contributed by atoms with Crippen LogP contribution in [0.2, 0.25) is 5.02 Å². The lowest BCUT2D eigenvalue weighted by atomic mass is 9.75. The van der Waals surface area contributed by atoms with Crippen LogP contribution in [0.4, 0.5) is 4.79 Å². The van der Waals surface area contributed by atoms with Gasteiger partial charge >= 0.3 is 6.09 Å². The molecule has 0 bridgehead atoms. The number of unbranched alkanes of at least 4 members (excludes halogenated alkanes) is 1. The zero-order valence-corrected chi connectivity index (χ0v) is 22.2. The first-order valence-corrected chi connectivity index (χ1v) is 13.1. The van der Waals surface area contributed by atoms with E-state index >= 15 is 0 Å². The van der Waals surface area contributed by atoms with E-state index in [-0.39, 0.29) is 23.9 Å². The fourth-order valence-electron chi connectivity index (χ4n) is 4.92. The maximum Gasteiger partial charge on any atom is 0.408 e. The quantitative estimate of drug-likeness (QED) is 0.554. The smallest absolute Gasteiger partial charge is 0.408 e. The van der Waals surface area contributed by atoms with Crippen LogP contribution in [-0.4, -0.2) is 44.6 Å². The first kappa shape index (κ1) is 26.2. The third kappa shape index (κ3) is 5.59. The first-order valence-electron chi connectivity index (χ1n) is 12.7. The Labute approximate surface area is 216 Å². The third-order valence-corrected chi connectivity index (χ3v) is 7.14. The van der Waals surface area contributed by atoms with Crippen molar-refractivity contribution in [3.8, 4) is 11.4 Å². The molecule has 2 N–H and O–H groups in total. The standard InChI is InChI=1S/C27H35ClN4O4/c1-5-6-8-18-15-32(24(34)27(13-7-14-27)31-25(35)36-26(2,3)4)16-20-21(18)29-22(30-23(20)33)17-9-11-19(28)12-10-17/h9-12,18H,5-8,13-16H2,1-4H3,(H,31,35)(H,29,30,33). The number of alkyl carbamates (subject to hydrolysis) is 1. The average molecular weight is 515 g/mol. The van der Waals surface area contributed by atoms with Gasteiger partial charge in [-0.05, 0) is 70.7 Å². The van der Waals surface area contributed by atoms with E-state index in [1.807, 2.05) is 12.1 Å². The van der Waals surface area contributed by atoms with Crippen LogP contribution in [0.15, 0.2) is 29.1 Å². The summed E-state index contributed by atoms with van der Waals surface area (Å²) >= 11 is 6.02. The van der Waals surface area contributed by atoms with Crippen LogP contribution in [-0.2, 0) is 16.1 Å². The van der Waals surface area contributed by atoms with Crippen molar-refractivity contribution in [1.29, 1.82) is 0 Å². The Morgan fingerprint density at radius 2 is 1.94 bits per heavy atom. The molecule has 1 aromatic carbocycles. The number of hydrogen-bond donors (Lipinski definition) is 2. The van der Waals surface area contributed by atoms with Crippen LogP contribution in [0.25, 0.3) is 11.4 Å². The molecule has 1 fully saturated rings. The van der Waals surface area contributed by atoms with Gasteiger partial charge in [-0.1, -0.05) is 31.4 Å². The van der Waals surface area contributed by atoms with Gasteiger partial charge in [0.05, 0.1) is 17.8 Å². The van der Waals surface area contributed by atoms with Crippen molar-refractivity contribution in [2.24, 2.45) is 0 Å². The maximum absolute atomic E-state index is 13.8. The zero-order valence-electron chi connectivity index (χ0n) is 21.4. The van der Waals surface area contributed by atoms with Crippen molar-refractivity contribution >= 4 is 23.6 Å². The number of carbonyl (C=O) groups is 2. The fraction of sp³-hybridized carbons (Fsp3) is 0.556. The van der Waals surface area contributed by atoms with Gasteiger partial charge in [-0.25, -0.2) is 9.78 Å². The van der Waals surface area contributed by atoms with Crippen molar-refractivity contribution in [3.63, 3.8) is 0 Å². The SMILES string of the molecule is CCCCC1CN(C(=O)C2(NC(=O)OC(C)(C)C)CCC2)Cc2c1nc(-c1ccc(Cl)cc1)[nH]c2=O. The van der Waals surface area contributed by atoms with E-state index in [4.69, 9.17) is 21.3 Å². The minimum Gasteiger partial charge on any atom is -0.444 e. The highest BCUT2D eigenvalue weighted by molar-refractivity contribution is 6.30. The molecule has 0 radical (unpaired) electrons. The van der Waals surface area contributed by atoms with Gasteiger partial charge in [0.2, 0.25) is 5.91 Å². The van der Waals surface area contributed by atoms with Crippen LogP contribution in [0.5, 0.6) is 0 Å². The topological polar surface area (TPSA) is 104 Å². The minimum atomic E-state index is -0.988. The van der Waals surface area contributed by atoms with Crippen molar-refractivity contribution in [2.45, 2.75) is 89.8 Å². The van der Waals surface area contributed by atoms with E-state index in [0.717, 1.165) is 36.9 Å². The van der Waals surface area contributed by atoms with Crippen LogP contribution in [0.1, 0.15) is 83.4 Å². The average Bonchev–Trinajstić information content (AvgIpc) is 2.78. The molecule has 2 heterocycles. The van der Waals surface area contributed by atoms with Gasteiger partial charge in [0, 0.05) is 23.0 Å². The number of carbonyl (C=O) groups excluding carboxylic acids is 2. The number of benzene rings is 1. The number of H-pyrrole nitrogens is 1. The van der Waals surface area contributed by atoms with Gasteiger partial charge in [-0.15, -0.1) is 0 Å². The minimum absolute atomic E-state index is 0.0651. The molecule has 0 saturated heterocycles. The Kier molecular flexibility index (Phi) is 7.46. The number of nitrogens with one attached hydrogen (secondary N) is 2. The summed E-state index contributed by atoms with van der Waals surface area (Å²) < 4.78 is 5.42. The van der Waals surface area contributed by atoms with E-state index in [1.165, 1.54) is 0 Å². The molecule has 1 aliphatic heterocycles. The van der Waals surface area contributed by atoms with Gasteiger partial charge in [-0.2, -0.15) is 0 Å². The van der Waals surface area contributed by atoms with Crippen molar-refractivity contribution in [1.82, 2.24) is 20.2 Å². The predicted molar refractivity (Wildman–Crippen MR) is 139 cm³/mol. The van der Waals surface area contributed by atoms with Crippen LogP contribution >= 0.6 is 11.6 Å². The van der Waals surface area contributed by atoms with Crippen LogP contribution < -0.4 is 10.9 Å². The number of fused-ring (bicyclic) bond motifs is 1. The molecule has 1 aromatic heterocycles. The van der Waals surface area contributed by atoms with Gasteiger partial charge < -0.3 is 19.9 Å². The summed E-state index contributed by atoms with van der Waals surface area (Å²) in [4.78, 5) is 49.0. The summed E-state index contributed by atoms with van der Waals surface area (Å²) in [5, 5.41) is 3.46. The monoisotopic (exact) mass is 514 g/mol. The second kappa shape index (κ2) is 10.2. The molecule has 194 valence electrons. The van der Waals surface area contributed by atoms with Crippen LogP contribution in [0, 0.1) is 0 Å². The molecule has 36 heavy (non-hydrogen) atoms. The first-order chi connectivity index (χ1) is 17.0. The molecule has 1 unspecified atom stereocenters. The lowest BCUT2D eigenvalue weighted by Crippen LogP contribution is -2.64. The highest BCUT2D eigenvalue weighted by atomic mass is 35.5. The Hall–Kier alpha value is -2.87. The molecule has 2 amide bonds. The van der Waals surface area contributed by atoms with Crippen molar-refractivity contribution < 1.29 is 14.3 Å². The van der Waals surface area contributed by atoms with Crippen molar-refractivity contribution in [2.75, 3.05) is 6.54 Å². The lowest BCUT2D eigenvalue weighted by molar-refractivity contribution is -0.143. The Morgan fingerprint density at radius 1 is 1.25 bits per heavy atom. The molecule has 1 aliphatic carbocycles. The summed E-state index contributed by atoms with van der Waals surface area (Å²) in [7, 11) is 0. The number of nitrogens with zero attached hydrogens (tertiary/aromatic N) is 2. The number of amides is 2. The normalized spacial score (nSPS) is 18.7. The highest BCUT2D eigenvalue weighted by Gasteiger charge is 2.49. The molecule has 1 atom stereocenters. The van der Waals surface area contributed by atoms with E-state index in [1.54, 1.807) is 37.8 Å². The molecule has 1 saturated carbocycles. The fourth-order valence-corrected chi connectivity index (χ4v) is 5.04. The molecular formula is C27H35ClN4O4. The summed E-state index contributed by atoms with van der Waals surface area (Å²) in [6.07, 6.45) is 4.13. The van der Waals surface area contributed by atoms with Gasteiger partial charge in [-0.3, -0.25) is 9.59 Å². The maximum atomic E-state index is 13.8. The predicted octanol–water partition coefficient (Wildman–Crippen LogP) is 5.15. The molecule has 2 aliphatic rings. The number of hydrogen-bond acceptors (Lipinski definition) is 5. The summed E-state index contributed by atoms with van der Waals surface area (Å²) in [5.74, 6) is 0.274. The molecule has 4 rings (SSSR count). The molecular weight excluding hydrogens is 480 g/mol. The van der Waals surface area contributed by atoms with Crippen LogP contribution in [0.3, 0.4) is 0 Å². The molecule has 2 aromatic rings. The van der Waals surface area contributed by atoms with Crippen molar-refractivity contribution in [3.05, 3.63) is 50.9 Å². The summed E-state index contributed by atoms with van der Waals surface area (Å²) in [5.41, 5.74) is 0.157. The molecule has 9 heteroatoms. The number of aromatic nitrogens is 2. The second-order valence-electron chi connectivity index (χ2n) is 10.9. The summed E-state index contributed by atoms with van der Waals surface area (Å²) in [6, 6.07) is 7.19. The number of halogens is 1. The Morgan fingerprint density at radius 3 is 2.53 bits per heavy atom. The number of ether oxygens (including phenoxy) is 1. The van der Waals surface area contributed by atoms with Gasteiger partial charge in [0.1, 0.15) is 17.0 Å². The zero-order chi connectivity index (χ0) is 26.1. The van der Waals surface area contributed by atoms with E-state index in [2.05, 4.69) is 17.2 Å². The molecule has 8 nitrogen and oxygen atoms in total. The van der Waals surface area contributed by atoms with Gasteiger partial charge in [0.15, 0.2) is 0 Å². The molecule has 0 spiro atoms. The highest BCUT2D eigenvalue weighted by Crippen LogP contribution is 2.37. The van der Waals surface area contributed by atoms with E-state index in [9.17, 15) is 14.4 Å². The third-order valence-electron chi connectivity index (χ3n) is 6.89. The second-order valence-corrected chi connectivity index (χ2v) is 11.3. The Balaban J connectivity index is 1.63. The number of rotatable bonds is 6. The largest absolute Gasteiger partial charge is 0.444 e. The lowest BCUT2D eigenvalue weighted by Gasteiger charge is -2.45.